The molecule has 0 bridgehead atoms. The molecule has 3 rings (SSSR count). The molecule has 0 aliphatic heterocycles. The molecule has 3 aromatic rings. The standard InChI is InChI=1S/C23H30N8O5S.2ClH/c1-30(16-7-6-13(21(32)29-22(25)26)10-19(16)37(5,33)34)8-9-31(2)23-27-15-12-18(36-4)17(35-3)11-14(15)20(24)28-23;;/h6-7,10-12H,8-9H2,1-5H3,(H2,24,27,28)(H4,25,26,29,32);2*1H. The Balaban J connectivity index is 0.00000380. The molecule has 0 aliphatic carbocycles. The van der Waals surface area contributed by atoms with Crippen LogP contribution in [0.15, 0.2) is 40.2 Å². The van der Waals surface area contributed by atoms with Crippen LogP contribution in [0.3, 0.4) is 0 Å². The summed E-state index contributed by atoms with van der Waals surface area (Å²) in [6.45, 7) is 0.820. The summed E-state index contributed by atoms with van der Waals surface area (Å²) in [5.74, 6) is 0.536. The molecule has 0 spiro atoms. The van der Waals surface area contributed by atoms with Gasteiger partial charge in [0.25, 0.3) is 5.91 Å². The number of hydrogen-bond acceptors (Lipinski definition) is 10. The topological polar surface area (TPSA) is 192 Å². The van der Waals surface area contributed by atoms with Crippen molar-refractivity contribution in [3.63, 3.8) is 0 Å². The number of hydrogen-bond donors (Lipinski definition) is 3. The summed E-state index contributed by atoms with van der Waals surface area (Å²) in [6.07, 6.45) is 1.07. The van der Waals surface area contributed by atoms with E-state index in [2.05, 4.69) is 15.0 Å². The highest BCUT2D eigenvalue weighted by Gasteiger charge is 2.20. The maximum atomic E-state index is 12.5. The lowest BCUT2D eigenvalue weighted by Gasteiger charge is -2.25. The van der Waals surface area contributed by atoms with Crippen LogP contribution in [0.5, 0.6) is 11.5 Å². The molecule has 2 aromatic carbocycles. The third-order valence-electron chi connectivity index (χ3n) is 5.58. The van der Waals surface area contributed by atoms with Crippen molar-refractivity contribution in [3.05, 3.63) is 35.9 Å². The van der Waals surface area contributed by atoms with Gasteiger partial charge >= 0.3 is 0 Å². The number of likely N-dealkylation sites (N-methyl/N-ethyl adjacent to an activating group) is 2. The number of guanidine groups is 1. The second kappa shape index (κ2) is 13.4. The van der Waals surface area contributed by atoms with Gasteiger partial charge in [0.05, 0.1) is 30.3 Å². The van der Waals surface area contributed by atoms with Gasteiger partial charge in [-0.15, -0.1) is 24.8 Å². The van der Waals surface area contributed by atoms with Crippen LogP contribution >= 0.6 is 24.8 Å². The van der Waals surface area contributed by atoms with Crippen LogP contribution in [-0.2, 0) is 9.84 Å². The van der Waals surface area contributed by atoms with Gasteiger partial charge < -0.3 is 36.5 Å². The lowest BCUT2D eigenvalue weighted by atomic mass is 10.2. The number of sulfone groups is 1. The first-order chi connectivity index (χ1) is 17.3. The minimum atomic E-state index is -3.68. The molecule has 0 radical (unpaired) electrons. The highest BCUT2D eigenvalue weighted by Crippen LogP contribution is 2.34. The van der Waals surface area contributed by atoms with Crippen LogP contribution in [0.2, 0.25) is 0 Å². The SMILES string of the molecule is COc1cc2nc(N(C)CCN(C)c3ccc(C(=O)N=C(N)N)cc3S(C)(=O)=O)nc(N)c2cc1OC.Cl.Cl. The van der Waals surface area contributed by atoms with E-state index >= 15 is 0 Å². The molecular formula is C23H32Cl2N8O5S. The molecule has 0 atom stereocenters. The van der Waals surface area contributed by atoms with Gasteiger partial charge in [-0.2, -0.15) is 9.98 Å². The first-order valence-electron chi connectivity index (χ1n) is 10.9. The summed E-state index contributed by atoms with van der Waals surface area (Å²) in [5.41, 5.74) is 17.8. The lowest BCUT2D eigenvalue weighted by Crippen LogP contribution is -2.32. The number of aliphatic imine (C=N–C) groups is 1. The number of rotatable bonds is 9. The third-order valence-corrected chi connectivity index (χ3v) is 6.71. The third kappa shape index (κ3) is 7.65. The zero-order valence-corrected chi connectivity index (χ0v) is 24.5. The predicted molar refractivity (Wildman–Crippen MR) is 158 cm³/mol. The molecule has 1 amide bonds. The molecule has 16 heteroatoms. The highest BCUT2D eigenvalue weighted by atomic mass is 35.5. The fourth-order valence-electron chi connectivity index (χ4n) is 3.60. The maximum Gasteiger partial charge on any atom is 0.280 e. The molecule has 39 heavy (non-hydrogen) atoms. The van der Waals surface area contributed by atoms with Crippen molar-refractivity contribution in [1.82, 2.24) is 9.97 Å². The number of carbonyl (C=O) groups is 1. The van der Waals surface area contributed by atoms with E-state index in [0.717, 1.165) is 6.26 Å². The van der Waals surface area contributed by atoms with Crippen molar-refractivity contribution in [2.45, 2.75) is 4.90 Å². The number of carbonyl (C=O) groups excluding carboxylic acids is 1. The molecule has 1 aromatic heterocycles. The number of aromatic nitrogens is 2. The molecule has 13 nitrogen and oxygen atoms in total. The van der Waals surface area contributed by atoms with Gasteiger partial charge in [-0.3, -0.25) is 4.79 Å². The van der Waals surface area contributed by atoms with Crippen LogP contribution < -0.4 is 36.5 Å². The van der Waals surface area contributed by atoms with Crippen molar-refractivity contribution in [1.29, 1.82) is 0 Å². The van der Waals surface area contributed by atoms with E-state index in [1.807, 2.05) is 0 Å². The molecular weight excluding hydrogens is 571 g/mol. The molecule has 6 N–H and O–H groups in total. The van der Waals surface area contributed by atoms with E-state index in [0.29, 0.717) is 47.1 Å². The van der Waals surface area contributed by atoms with E-state index in [9.17, 15) is 13.2 Å². The van der Waals surface area contributed by atoms with Crippen molar-refractivity contribution in [3.8, 4) is 11.5 Å². The summed E-state index contributed by atoms with van der Waals surface area (Å²) >= 11 is 0. The predicted octanol–water partition coefficient (Wildman–Crippen LogP) is 1.46. The highest BCUT2D eigenvalue weighted by molar-refractivity contribution is 7.90. The van der Waals surface area contributed by atoms with E-state index in [-0.39, 0.29) is 41.1 Å². The second-order valence-corrected chi connectivity index (χ2v) is 10.3. The average molecular weight is 604 g/mol. The zero-order chi connectivity index (χ0) is 27.5. The number of nitrogens with zero attached hydrogens (tertiary/aromatic N) is 5. The fourth-order valence-corrected chi connectivity index (χ4v) is 4.54. The van der Waals surface area contributed by atoms with Crippen LogP contribution in [0, 0.1) is 0 Å². The Labute approximate surface area is 239 Å². The Kier molecular flexibility index (Phi) is 11.4. The van der Waals surface area contributed by atoms with Gasteiger partial charge in [0, 0.05) is 50.5 Å². The first kappa shape index (κ1) is 33.3. The zero-order valence-electron chi connectivity index (χ0n) is 22.0. The van der Waals surface area contributed by atoms with Gasteiger partial charge in [-0.1, -0.05) is 0 Å². The fraction of sp³-hybridized carbons (Fsp3) is 0.304. The molecule has 214 valence electrons. The number of nitrogen functional groups attached to an aromatic ring is 1. The van der Waals surface area contributed by atoms with Gasteiger partial charge in [0.2, 0.25) is 5.95 Å². The van der Waals surface area contributed by atoms with Gasteiger partial charge in [-0.25, -0.2) is 13.4 Å². The number of methoxy groups -OCH3 is 2. The summed E-state index contributed by atoms with van der Waals surface area (Å²) in [7, 11) is 2.92. The molecule has 0 saturated carbocycles. The maximum absolute atomic E-state index is 12.5. The van der Waals surface area contributed by atoms with E-state index in [1.165, 1.54) is 32.4 Å². The van der Waals surface area contributed by atoms with Gasteiger partial charge in [-0.05, 0) is 24.3 Å². The number of fused-ring (bicyclic) bond motifs is 1. The van der Waals surface area contributed by atoms with E-state index in [1.54, 1.807) is 36.0 Å². The first-order valence-corrected chi connectivity index (χ1v) is 12.8. The van der Waals surface area contributed by atoms with Crippen molar-refractivity contribution in [2.75, 3.05) is 63.2 Å². The lowest BCUT2D eigenvalue weighted by molar-refractivity contribution is 0.100. The van der Waals surface area contributed by atoms with Crippen LogP contribution in [0.4, 0.5) is 17.5 Å². The van der Waals surface area contributed by atoms with E-state index in [4.69, 9.17) is 26.7 Å². The number of ether oxygens (including phenoxy) is 2. The monoisotopic (exact) mass is 602 g/mol. The largest absolute Gasteiger partial charge is 0.493 e. The number of anilines is 3. The Bertz CT molecular complexity index is 1480. The summed E-state index contributed by atoms with van der Waals surface area (Å²) < 4.78 is 35.7. The van der Waals surface area contributed by atoms with E-state index < -0.39 is 21.7 Å². The molecule has 0 unspecified atom stereocenters. The second-order valence-electron chi connectivity index (χ2n) is 8.27. The number of nitrogens with two attached hydrogens (primary N) is 3. The van der Waals surface area contributed by atoms with Crippen molar-refractivity contribution < 1.29 is 22.7 Å². The van der Waals surface area contributed by atoms with Crippen molar-refractivity contribution >= 4 is 74.9 Å². The molecule has 0 fully saturated rings. The molecule has 1 heterocycles. The van der Waals surface area contributed by atoms with Crippen LogP contribution in [-0.4, -0.2) is 77.9 Å². The summed E-state index contributed by atoms with van der Waals surface area (Å²) in [4.78, 5) is 28.2. The quantitative estimate of drug-likeness (QED) is 0.236. The Hall–Kier alpha value is -3.75. The average Bonchev–Trinajstić information content (AvgIpc) is 2.84. The number of amides is 1. The minimum absolute atomic E-state index is 0. The number of halogens is 2. The van der Waals surface area contributed by atoms with Crippen molar-refractivity contribution in [2.24, 2.45) is 16.5 Å². The van der Waals surface area contributed by atoms with Crippen LogP contribution in [0.25, 0.3) is 10.9 Å². The Morgan fingerprint density at radius 2 is 1.56 bits per heavy atom. The van der Waals surface area contributed by atoms with Gasteiger partial charge in [0.15, 0.2) is 27.3 Å². The minimum Gasteiger partial charge on any atom is -0.493 e. The Morgan fingerprint density at radius 1 is 0.974 bits per heavy atom. The van der Waals surface area contributed by atoms with Gasteiger partial charge in [0.1, 0.15) is 5.82 Å². The number of benzene rings is 2. The smallest absolute Gasteiger partial charge is 0.280 e. The molecule has 0 saturated heterocycles. The Morgan fingerprint density at radius 3 is 2.13 bits per heavy atom. The summed E-state index contributed by atoms with van der Waals surface area (Å²) in [5, 5.41) is 0.625. The summed E-state index contributed by atoms with van der Waals surface area (Å²) in [6, 6.07) is 7.70. The van der Waals surface area contributed by atoms with Crippen LogP contribution in [0.1, 0.15) is 10.4 Å². The normalized spacial score (nSPS) is 10.6. The molecule has 0 aliphatic rings.